The van der Waals surface area contributed by atoms with E-state index in [1.165, 1.54) is 12.3 Å². The second-order valence-electron chi connectivity index (χ2n) is 6.30. The molecule has 1 amide bonds. The molecule has 2 rings (SSSR count). The van der Waals surface area contributed by atoms with Gasteiger partial charge in [-0.05, 0) is 39.8 Å². The number of amides is 1. The number of anilines is 1. The number of piperazine rings is 1. The van der Waals surface area contributed by atoms with Gasteiger partial charge in [0.2, 0.25) is 0 Å². The maximum Gasteiger partial charge on any atom is 0.410 e. The van der Waals surface area contributed by atoms with Crippen LogP contribution in [0, 0.1) is 5.82 Å². The lowest BCUT2D eigenvalue weighted by Crippen LogP contribution is -2.54. The highest BCUT2D eigenvalue weighted by Gasteiger charge is 2.30. The quantitative estimate of drug-likeness (QED) is 0.799. The van der Waals surface area contributed by atoms with Crippen molar-refractivity contribution in [3.8, 4) is 0 Å². The Kier molecular flexibility index (Phi) is 4.34. The van der Waals surface area contributed by atoms with Gasteiger partial charge in [0, 0.05) is 25.7 Å². The van der Waals surface area contributed by atoms with E-state index >= 15 is 0 Å². The summed E-state index contributed by atoms with van der Waals surface area (Å²) in [5, 5.41) is 0. The van der Waals surface area contributed by atoms with Crippen molar-refractivity contribution in [1.82, 2.24) is 9.88 Å². The number of hydrogen-bond acceptors (Lipinski definition) is 4. The van der Waals surface area contributed by atoms with Crippen LogP contribution in [0.25, 0.3) is 0 Å². The molecule has 21 heavy (non-hydrogen) atoms. The molecule has 5 nitrogen and oxygen atoms in total. The van der Waals surface area contributed by atoms with E-state index in [-0.39, 0.29) is 18.0 Å². The monoisotopic (exact) mass is 295 g/mol. The first-order chi connectivity index (χ1) is 9.76. The summed E-state index contributed by atoms with van der Waals surface area (Å²) in [4.78, 5) is 19.9. The van der Waals surface area contributed by atoms with Crippen molar-refractivity contribution in [1.29, 1.82) is 0 Å². The smallest absolute Gasteiger partial charge is 0.410 e. The maximum absolute atomic E-state index is 12.9. The second kappa shape index (κ2) is 5.87. The molecule has 0 aromatic carbocycles. The molecule has 1 atom stereocenters. The van der Waals surface area contributed by atoms with Gasteiger partial charge in [-0.25, -0.2) is 14.2 Å². The Balaban J connectivity index is 1.99. The Morgan fingerprint density at radius 2 is 2.10 bits per heavy atom. The SMILES string of the molecule is C[C@@H]1CN(C(=O)OC(C)(C)C)CCN1c1ccc(F)cn1. The summed E-state index contributed by atoms with van der Waals surface area (Å²) in [6.07, 6.45) is 0.920. The molecule has 0 aliphatic carbocycles. The third kappa shape index (κ3) is 4.06. The third-order valence-corrected chi connectivity index (χ3v) is 3.29. The van der Waals surface area contributed by atoms with Gasteiger partial charge >= 0.3 is 6.09 Å². The van der Waals surface area contributed by atoms with Crippen molar-refractivity contribution in [3.63, 3.8) is 0 Å². The molecule has 0 N–H and O–H groups in total. The lowest BCUT2D eigenvalue weighted by atomic mass is 10.2. The van der Waals surface area contributed by atoms with E-state index < -0.39 is 5.60 Å². The van der Waals surface area contributed by atoms with Crippen LogP contribution < -0.4 is 4.90 Å². The van der Waals surface area contributed by atoms with E-state index in [9.17, 15) is 9.18 Å². The minimum atomic E-state index is -0.490. The molecule has 1 aromatic rings. The first kappa shape index (κ1) is 15.5. The van der Waals surface area contributed by atoms with Gasteiger partial charge in [-0.3, -0.25) is 0 Å². The van der Waals surface area contributed by atoms with Crippen LogP contribution in [0.2, 0.25) is 0 Å². The Morgan fingerprint density at radius 3 is 2.62 bits per heavy atom. The number of carbonyl (C=O) groups is 1. The van der Waals surface area contributed by atoms with Gasteiger partial charge in [0.1, 0.15) is 17.2 Å². The lowest BCUT2D eigenvalue weighted by Gasteiger charge is -2.40. The predicted molar refractivity (Wildman–Crippen MR) is 78.8 cm³/mol. The molecule has 2 heterocycles. The van der Waals surface area contributed by atoms with Crippen LogP contribution >= 0.6 is 0 Å². The lowest BCUT2D eigenvalue weighted by molar-refractivity contribution is 0.0218. The van der Waals surface area contributed by atoms with E-state index in [1.54, 1.807) is 11.0 Å². The Morgan fingerprint density at radius 1 is 1.38 bits per heavy atom. The Labute approximate surface area is 124 Å². The molecule has 1 aliphatic rings. The van der Waals surface area contributed by atoms with Crippen LogP contribution in [-0.2, 0) is 4.74 Å². The number of carbonyl (C=O) groups excluding carboxylic acids is 1. The summed E-state index contributed by atoms with van der Waals surface area (Å²) < 4.78 is 18.3. The zero-order chi connectivity index (χ0) is 15.6. The summed E-state index contributed by atoms with van der Waals surface area (Å²) in [6, 6.07) is 3.16. The number of ether oxygens (including phenoxy) is 1. The molecule has 0 bridgehead atoms. The summed E-state index contributed by atoms with van der Waals surface area (Å²) in [5.74, 6) is 0.381. The van der Waals surface area contributed by atoms with E-state index in [4.69, 9.17) is 4.74 Å². The molecule has 6 heteroatoms. The Bertz CT molecular complexity index is 499. The van der Waals surface area contributed by atoms with Crippen LogP contribution in [0.1, 0.15) is 27.7 Å². The largest absolute Gasteiger partial charge is 0.444 e. The predicted octanol–water partition coefficient (Wildman–Crippen LogP) is 2.67. The van der Waals surface area contributed by atoms with Gasteiger partial charge in [-0.2, -0.15) is 0 Å². The van der Waals surface area contributed by atoms with Crippen molar-refractivity contribution < 1.29 is 13.9 Å². The molecule has 1 aliphatic heterocycles. The summed E-state index contributed by atoms with van der Waals surface area (Å²) in [6.45, 7) is 9.36. The molecule has 0 spiro atoms. The summed E-state index contributed by atoms with van der Waals surface area (Å²) >= 11 is 0. The maximum atomic E-state index is 12.9. The average Bonchev–Trinajstić information content (AvgIpc) is 2.38. The number of halogens is 1. The van der Waals surface area contributed by atoms with Gasteiger partial charge < -0.3 is 14.5 Å². The number of hydrogen-bond donors (Lipinski definition) is 0. The Hall–Kier alpha value is -1.85. The van der Waals surface area contributed by atoms with Crippen molar-refractivity contribution in [2.45, 2.75) is 39.3 Å². The zero-order valence-electron chi connectivity index (χ0n) is 13.0. The van der Waals surface area contributed by atoms with E-state index in [2.05, 4.69) is 9.88 Å². The van der Waals surface area contributed by atoms with Crippen LogP contribution in [0.4, 0.5) is 15.0 Å². The molecule has 0 unspecified atom stereocenters. The topological polar surface area (TPSA) is 45.7 Å². The second-order valence-corrected chi connectivity index (χ2v) is 6.30. The number of rotatable bonds is 1. The normalized spacial score (nSPS) is 19.6. The van der Waals surface area contributed by atoms with Crippen molar-refractivity contribution in [2.75, 3.05) is 24.5 Å². The molecule has 116 valence electrons. The first-order valence-corrected chi connectivity index (χ1v) is 7.12. The highest BCUT2D eigenvalue weighted by Crippen LogP contribution is 2.20. The van der Waals surface area contributed by atoms with Crippen LogP contribution in [-0.4, -0.2) is 47.3 Å². The van der Waals surface area contributed by atoms with Crippen LogP contribution in [0.5, 0.6) is 0 Å². The van der Waals surface area contributed by atoms with E-state index in [0.29, 0.717) is 19.6 Å². The highest BCUT2D eigenvalue weighted by atomic mass is 19.1. The van der Waals surface area contributed by atoms with Crippen LogP contribution in [0.3, 0.4) is 0 Å². The van der Waals surface area contributed by atoms with Crippen molar-refractivity contribution >= 4 is 11.9 Å². The molecule has 0 radical (unpaired) electrons. The first-order valence-electron chi connectivity index (χ1n) is 7.12. The molecule has 1 saturated heterocycles. The summed E-state index contributed by atoms with van der Waals surface area (Å²) in [5.41, 5.74) is -0.490. The highest BCUT2D eigenvalue weighted by molar-refractivity contribution is 5.68. The number of pyridine rings is 1. The van der Waals surface area contributed by atoms with Crippen molar-refractivity contribution in [3.05, 3.63) is 24.1 Å². The fourth-order valence-corrected chi connectivity index (χ4v) is 2.33. The minimum absolute atomic E-state index is 0.101. The average molecular weight is 295 g/mol. The van der Waals surface area contributed by atoms with E-state index in [1.807, 2.05) is 27.7 Å². The molecular weight excluding hydrogens is 273 g/mol. The fraction of sp³-hybridized carbons (Fsp3) is 0.600. The van der Waals surface area contributed by atoms with Crippen molar-refractivity contribution in [2.24, 2.45) is 0 Å². The van der Waals surface area contributed by atoms with Gasteiger partial charge in [-0.1, -0.05) is 0 Å². The van der Waals surface area contributed by atoms with Crippen LogP contribution in [0.15, 0.2) is 18.3 Å². The summed E-state index contributed by atoms with van der Waals surface area (Å²) in [7, 11) is 0. The van der Waals surface area contributed by atoms with Gasteiger partial charge in [0.05, 0.1) is 6.20 Å². The molecule has 1 aromatic heterocycles. The van der Waals surface area contributed by atoms with Gasteiger partial charge in [0.15, 0.2) is 0 Å². The van der Waals surface area contributed by atoms with Gasteiger partial charge in [-0.15, -0.1) is 0 Å². The number of aromatic nitrogens is 1. The zero-order valence-corrected chi connectivity index (χ0v) is 13.0. The minimum Gasteiger partial charge on any atom is -0.444 e. The number of nitrogens with zero attached hydrogens (tertiary/aromatic N) is 3. The molecule has 0 saturated carbocycles. The fourth-order valence-electron chi connectivity index (χ4n) is 2.33. The standard InChI is InChI=1S/C15H22FN3O2/c1-11-10-18(14(20)21-15(2,3)4)7-8-19(11)13-6-5-12(16)9-17-13/h5-6,9,11H,7-8,10H2,1-4H3/t11-/m1/s1. The molecule has 1 fully saturated rings. The van der Waals surface area contributed by atoms with E-state index in [0.717, 1.165) is 5.82 Å². The third-order valence-electron chi connectivity index (χ3n) is 3.29. The van der Waals surface area contributed by atoms with Gasteiger partial charge in [0.25, 0.3) is 0 Å². The molecular formula is C15H22FN3O2.